The van der Waals surface area contributed by atoms with Crippen molar-refractivity contribution in [1.29, 1.82) is 0 Å². The summed E-state index contributed by atoms with van der Waals surface area (Å²) < 4.78 is 25.5. The predicted molar refractivity (Wildman–Crippen MR) is 33.8 cm³/mol. The summed E-state index contributed by atoms with van der Waals surface area (Å²) in [5, 5.41) is 0. The number of nitrogens with two attached hydrogens (primary N) is 1. The van der Waals surface area contributed by atoms with Crippen molar-refractivity contribution in [3.63, 3.8) is 0 Å². The smallest absolute Gasteiger partial charge is 0.251 e. The maximum absolute atomic E-state index is 12.8. The molecule has 2 saturated carbocycles. The van der Waals surface area contributed by atoms with Crippen molar-refractivity contribution in [3.05, 3.63) is 0 Å². The maximum atomic E-state index is 12.8. The number of alkyl halides is 2. The molecule has 0 amide bonds. The third-order valence-electron chi connectivity index (χ3n) is 2.88. The van der Waals surface area contributed by atoms with Gasteiger partial charge in [-0.1, -0.05) is 0 Å². The maximum Gasteiger partial charge on any atom is 0.251 e. The summed E-state index contributed by atoms with van der Waals surface area (Å²) in [7, 11) is 0. The van der Waals surface area contributed by atoms with Crippen LogP contribution in [0.5, 0.6) is 0 Å². The highest BCUT2D eigenvalue weighted by Crippen LogP contribution is 2.52. The van der Waals surface area contributed by atoms with Gasteiger partial charge >= 0.3 is 0 Å². The van der Waals surface area contributed by atoms with Gasteiger partial charge in [0.25, 0.3) is 5.92 Å². The van der Waals surface area contributed by atoms with Gasteiger partial charge in [0.2, 0.25) is 0 Å². The average Bonchev–Trinajstić information content (AvgIpc) is 2.21. The fraction of sp³-hybridized carbons (Fsp3) is 1.00. The van der Waals surface area contributed by atoms with Crippen molar-refractivity contribution in [2.45, 2.75) is 31.2 Å². The molecular formula is C7H11F2N. The molecule has 0 radical (unpaired) electrons. The molecule has 0 aromatic heterocycles. The second-order valence-corrected chi connectivity index (χ2v) is 3.56. The number of fused-ring (bicyclic) bond motifs is 2. The lowest BCUT2D eigenvalue weighted by molar-refractivity contribution is -0.0542. The number of hydrogen-bond acceptors (Lipinski definition) is 1. The summed E-state index contributed by atoms with van der Waals surface area (Å²) in [6.07, 6.45) is 1.24. The zero-order valence-electron chi connectivity index (χ0n) is 5.69. The molecule has 2 aliphatic carbocycles. The van der Waals surface area contributed by atoms with E-state index in [4.69, 9.17) is 5.73 Å². The SMILES string of the molecule is N[C@H]1C[C@H]2C[C@@H]1CC2(F)F. The van der Waals surface area contributed by atoms with Crippen LogP contribution < -0.4 is 5.73 Å². The van der Waals surface area contributed by atoms with E-state index in [1.54, 1.807) is 0 Å². The van der Waals surface area contributed by atoms with Gasteiger partial charge in [0.1, 0.15) is 0 Å². The van der Waals surface area contributed by atoms with Crippen molar-refractivity contribution < 1.29 is 8.78 Å². The van der Waals surface area contributed by atoms with E-state index in [0.29, 0.717) is 12.8 Å². The minimum absolute atomic E-state index is 0.0405. The Bertz CT molecular complexity index is 156. The van der Waals surface area contributed by atoms with Crippen LogP contribution >= 0.6 is 0 Å². The first kappa shape index (κ1) is 6.53. The Morgan fingerprint density at radius 2 is 2.00 bits per heavy atom. The van der Waals surface area contributed by atoms with E-state index in [2.05, 4.69) is 0 Å². The molecule has 3 atom stereocenters. The molecule has 0 aromatic carbocycles. The highest BCUT2D eigenvalue weighted by atomic mass is 19.3. The lowest BCUT2D eigenvalue weighted by Gasteiger charge is -2.24. The molecule has 0 unspecified atom stereocenters. The van der Waals surface area contributed by atoms with E-state index in [9.17, 15) is 8.78 Å². The molecule has 2 rings (SSSR count). The minimum atomic E-state index is -2.39. The highest BCUT2D eigenvalue weighted by Gasteiger charge is 2.55. The second kappa shape index (κ2) is 1.70. The first-order valence-electron chi connectivity index (χ1n) is 3.73. The molecular weight excluding hydrogens is 136 g/mol. The van der Waals surface area contributed by atoms with Crippen LogP contribution in [0.25, 0.3) is 0 Å². The van der Waals surface area contributed by atoms with Gasteiger partial charge in [-0.25, -0.2) is 8.78 Å². The fourth-order valence-corrected chi connectivity index (χ4v) is 2.25. The van der Waals surface area contributed by atoms with E-state index >= 15 is 0 Å². The molecule has 0 spiro atoms. The Kier molecular flexibility index (Phi) is 1.11. The van der Waals surface area contributed by atoms with E-state index < -0.39 is 11.8 Å². The van der Waals surface area contributed by atoms with E-state index in [0.717, 1.165) is 0 Å². The first-order valence-corrected chi connectivity index (χ1v) is 3.73. The van der Waals surface area contributed by atoms with Gasteiger partial charge in [-0.15, -0.1) is 0 Å². The monoisotopic (exact) mass is 147 g/mol. The van der Waals surface area contributed by atoms with Crippen LogP contribution in [0.1, 0.15) is 19.3 Å². The molecule has 2 N–H and O–H groups in total. The van der Waals surface area contributed by atoms with Gasteiger partial charge in [0.05, 0.1) is 0 Å². The summed E-state index contributed by atoms with van der Waals surface area (Å²) in [4.78, 5) is 0. The molecule has 0 heterocycles. The van der Waals surface area contributed by atoms with E-state index in [-0.39, 0.29) is 18.4 Å². The molecule has 2 fully saturated rings. The van der Waals surface area contributed by atoms with Gasteiger partial charge < -0.3 is 5.73 Å². The van der Waals surface area contributed by atoms with Crippen LogP contribution in [0.15, 0.2) is 0 Å². The Morgan fingerprint density at radius 3 is 2.30 bits per heavy atom. The molecule has 3 heteroatoms. The molecule has 10 heavy (non-hydrogen) atoms. The quantitative estimate of drug-likeness (QED) is 0.550. The van der Waals surface area contributed by atoms with Crippen LogP contribution in [0.3, 0.4) is 0 Å². The molecule has 0 aromatic rings. The summed E-state index contributed by atoms with van der Waals surface area (Å²) in [6.45, 7) is 0. The van der Waals surface area contributed by atoms with Crippen molar-refractivity contribution in [2.75, 3.05) is 0 Å². The fourth-order valence-electron chi connectivity index (χ4n) is 2.25. The largest absolute Gasteiger partial charge is 0.327 e. The summed E-state index contributed by atoms with van der Waals surface area (Å²) in [5.41, 5.74) is 5.61. The van der Waals surface area contributed by atoms with Crippen LogP contribution in [0.2, 0.25) is 0 Å². The molecule has 0 saturated heterocycles. The Hall–Kier alpha value is -0.180. The first-order chi connectivity index (χ1) is 4.59. The molecule has 1 nitrogen and oxygen atoms in total. The molecule has 0 aliphatic heterocycles. The minimum Gasteiger partial charge on any atom is -0.327 e. The third kappa shape index (κ3) is 0.698. The van der Waals surface area contributed by atoms with Gasteiger partial charge in [0, 0.05) is 18.4 Å². The highest BCUT2D eigenvalue weighted by molar-refractivity contribution is 5.01. The second-order valence-electron chi connectivity index (χ2n) is 3.56. The standard InChI is InChI=1S/C7H11F2N/c8-7(9)3-4-1-5(7)2-6(4)10/h4-6H,1-3,10H2/t4-,5-,6+/m1/s1. The molecule has 2 aliphatic rings. The summed E-state index contributed by atoms with van der Waals surface area (Å²) in [6, 6.07) is 0.0598. The molecule has 58 valence electrons. The van der Waals surface area contributed by atoms with Gasteiger partial charge in [0.15, 0.2) is 0 Å². The lowest BCUT2D eigenvalue weighted by atomic mass is 9.93. The summed E-state index contributed by atoms with van der Waals surface area (Å²) in [5.74, 6) is -2.67. The normalized spacial score (nSPS) is 50.1. The van der Waals surface area contributed by atoms with Crippen LogP contribution in [-0.2, 0) is 0 Å². The third-order valence-corrected chi connectivity index (χ3v) is 2.88. The van der Waals surface area contributed by atoms with Crippen molar-refractivity contribution in [3.8, 4) is 0 Å². The Morgan fingerprint density at radius 1 is 1.30 bits per heavy atom. The van der Waals surface area contributed by atoms with Gasteiger partial charge in [-0.2, -0.15) is 0 Å². The number of hydrogen-bond donors (Lipinski definition) is 1. The van der Waals surface area contributed by atoms with Crippen molar-refractivity contribution in [2.24, 2.45) is 17.6 Å². The predicted octanol–water partition coefficient (Wildman–Crippen LogP) is 1.38. The Labute approximate surface area is 58.6 Å². The molecule has 2 bridgehead atoms. The number of halogens is 2. The van der Waals surface area contributed by atoms with Gasteiger partial charge in [-0.05, 0) is 18.8 Å². The Balaban J connectivity index is 2.16. The van der Waals surface area contributed by atoms with Crippen LogP contribution in [0.4, 0.5) is 8.78 Å². The lowest BCUT2D eigenvalue weighted by Crippen LogP contribution is -2.35. The average molecular weight is 147 g/mol. The number of rotatable bonds is 0. The van der Waals surface area contributed by atoms with Crippen LogP contribution in [0, 0.1) is 11.8 Å². The van der Waals surface area contributed by atoms with E-state index in [1.807, 2.05) is 0 Å². The van der Waals surface area contributed by atoms with E-state index in [1.165, 1.54) is 0 Å². The topological polar surface area (TPSA) is 26.0 Å². The van der Waals surface area contributed by atoms with Crippen molar-refractivity contribution in [1.82, 2.24) is 0 Å². The van der Waals surface area contributed by atoms with Crippen LogP contribution in [-0.4, -0.2) is 12.0 Å². The van der Waals surface area contributed by atoms with Gasteiger partial charge in [-0.3, -0.25) is 0 Å². The zero-order chi connectivity index (χ0) is 7.35. The zero-order valence-corrected chi connectivity index (χ0v) is 5.69. The summed E-state index contributed by atoms with van der Waals surface area (Å²) >= 11 is 0. The van der Waals surface area contributed by atoms with Crippen molar-refractivity contribution >= 4 is 0 Å².